The Balaban J connectivity index is 1.86. The van der Waals surface area contributed by atoms with Crippen LogP contribution in [0.1, 0.15) is 45.6 Å². The number of carbonyl (C=O) groups is 1. The van der Waals surface area contributed by atoms with Crippen molar-refractivity contribution >= 4 is 5.78 Å². The molecule has 0 unspecified atom stereocenters. The minimum Gasteiger partial charge on any atom is -0.389 e. The molecule has 0 spiro atoms. The summed E-state index contributed by atoms with van der Waals surface area (Å²) in [5.74, 6) is 0.799. The van der Waals surface area contributed by atoms with E-state index in [9.17, 15) is 9.90 Å². The van der Waals surface area contributed by atoms with Gasteiger partial charge >= 0.3 is 0 Å². The number of hydrogen-bond donors (Lipinski definition) is 1. The summed E-state index contributed by atoms with van der Waals surface area (Å²) in [5.41, 5.74) is 3.17. The molecule has 0 saturated carbocycles. The van der Waals surface area contributed by atoms with Crippen LogP contribution in [0.5, 0.6) is 0 Å². The maximum Gasteiger partial charge on any atom is 0.160 e. The summed E-state index contributed by atoms with van der Waals surface area (Å²) < 4.78 is 6.22. The minimum absolute atomic E-state index is 0.0385. The van der Waals surface area contributed by atoms with Gasteiger partial charge in [0.1, 0.15) is 0 Å². The summed E-state index contributed by atoms with van der Waals surface area (Å²) in [6, 6.07) is 10.2. The third-order valence-electron chi connectivity index (χ3n) is 5.78. The molecule has 0 fully saturated rings. The summed E-state index contributed by atoms with van der Waals surface area (Å²) >= 11 is 0. The zero-order valence-corrected chi connectivity index (χ0v) is 17.2. The fourth-order valence-corrected chi connectivity index (χ4v) is 4.25. The molecule has 2 aliphatic carbocycles. The molecule has 28 heavy (non-hydrogen) atoms. The molecule has 0 radical (unpaired) electrons. The Morgan fingerprint density at radius 2 is 1.75 bits per heavy atom. The zero-order chi connectivity index (χ0) is 20.1. The van der Waals surface area contributed by atoms with Crippen molar-refractivity contribution in [2.24, 2.45) is 17.8 Å². The minimum atomic E-state index is -0.526. The molecular formula is C25H32O3. The first-order valence-corrected chi connectivity index (χ1v) is 10.4. The van der Waals surface area contributed by atoms with Gasteiger partial charge in [-0.2, -0.15) is 0 Å². The van der Waals surface area contributed by atoms with Gasteiger partial charge in [0.15, 0.2) is 5.78 Å². The maximum absolute atomic E-state index is 12.6. The smallest absolute Gasteiger partial charge is 0.160 e. The van der Waals surface area contributed by atoms with Crippen molar-refractivity contribution in [1.29, 1.82) is 0 Å². The Bertz CT molecular complexity index is 759. The molecule has 5 atom stereocenters. The molecule has 1 aromatic rings. The lowest BCUT2D eigenvalue weighted by Gasteiger charge is -2.21. The van der Waals surface area contributed by atoms with E-state index in [1.165, 1.54) is 0 Å². The van der Waals surface area contributed by atoms with E-state index >= 15 is 0 Å². The lowest BCUT2D eigenvalue weighted by molar-refractivity contribution is -0.115. The molecule has 3 nitrogen and oxygen atoms in total. The number of rotatable bonds is 3. The molecule has 2 aliphatic rings. The van der Waals surface area contributed by atoms with E-state index in [2.05, 4.69) is 51.1 Å². The van der Waals surface area contributed by atoms with Gasteiger partial charge in [0.05, 0.1) is 18.8 Å². The number of benzene rings is 1. The Hall–Kier alpha value is -1.97. The third-order valence-corrected chi connectivity index (χ3v) is 5.78. The molecule has 1 aromatic carbocycles. The third kappa shape index (κ3) is 5.30. The van der Waals surface area contributed by atoms with Gasteiger partial charge in [0.2, 0.25) is 0 Å². The highest BCUT2D eigenvalue weighted by atomic mass is 16.5. The fourth-order valence-electron chi connectivity index (χ4n) is 4.25. The van der Waals surface area contributed by atoms with Gasteiger partial charge in [0, 0.05) is 12.0 Å². The molecule has 0 bridgehead atoms. The summed E-state index contributed by atoms with van der Waals surface area (Å²) in [6.45, 7) is 6.87. The summed E-state index contributed by atoms with van der Waals surface area (Å²) in [5, 5.41) is 10.4. The topological polar surface area (TPSA) is 46.5 Å². The van der Waals surface area contributed by atoms with Crippen molar-refractivity contribution in [3.8, 4) is 0 Å². The number of aliphatic hydroxyl groups excluding tert-OH is 1. The summed E-state index contributed by atoms with van der Waals surface area (Å²) in [7, 11) is 0. The predicted molar refractivity (Wildman–Crippen MR) is 113 cm³/mol. The van der Waals surface area contributed by atoms with E-state index in [0.29, 0.717) is 25.4 Å². The molecule has 0 aliphatic heterocycles. The van der Waals surface area contributed by atoms with Gasteiger partial charge in [-0.3, -0.25) is 4.79 Å². The molecule has 0 saturated heterocycles. The molecule has 0 amide bonds. The Morgan fingerprint density at radius 1 is 1.00 bits per heavy atom. The Morgan fingerprint density at radius 3 is 2.50 bits per heavy atom. The van der Waals surface area contributed by atoms with E-state index in [1.54, 1.807) is 0 Å². The monoisotopic (exact) mass is 380 g/mol. The number of carbonyl (C=O) groups excluding carboxylic acids is 1. The van der Waals surface area contributed by atoms with Crippen LogP contribution in [-0.2, 0) is 16.1 Å². The first kappa shape index (κ1) is 20.8. The SMILES string of the molecule is C[C@@H]1/C=C/[C@H](O)C[C@H](C)C2=C(/C=C/[C@@H](OCc3ccccc3)C1)[C@@H](C)CC2=O. The fraction of sp³-hybridized carbons (Fsp3) is 0.480. The first-order valence-electron chi connectivity index (χ1n) is 10.4. The van der Waals surface area contributed by atoms with Gasteiger partial charge in [-0.25, -0.2) is 0 Å². The van der Waals surface area contributed by atoms with Crippen molar-refractivity contribution in [3.05, 3.63) is 71.3 Å². The second-order valence-corrected chi connectivity index (χ2v) is 8.39. The number of allylic oxidation sites excluding steroid dienone is 4. The van der Waals surface area contributed by atoms with Gasteiger partial charge in [0.25, 0.3) is 0 Å². The van der Waals surface area contributed by atoms with Gasteiger partial charge in [-0.1, -0.05) is 75.4 Å². The first-order chi connectivity index (χ1) is 13.4. The maximum atomic E-state index is 12.6. The highest BCUT2D eigenvalue weighted by Gasteiger charge is 2.32. The van der Waals surface area contributed by atoms with Crippen LogP contribution in [0.2, 0.25) is 0 Å². The summed E-state index contributed by atoms with van der Waals surface area (Å²) in [4.78, 5) is 12.6. The standard InChI is InChI=1S/C25H32O3/c1-17-9-10-21(26)14-19(3)25-23(18(2)15-24(25)27)12-11-22(13-17)28-16-20-7-5-4-6-8-20/h4-12,17-19,21-22,26H,13-16H2,1-3H3/b10-9+,12-11+/t17-,18+,19+,21+,22-/m1/s1. The van der Waals surface area contributed by atoms with Crippen molar-refractivity contribution in [2.45, 2.75) is 58.8 Å². The average Bonchev–Trinajstić information content (AvgIpc) is 2.95. The van der Waals surface area contributed by atoms with Crippen LogP contribution in [0.15, 0.2) is 65.8 Å². The normalized spacial score (nSPS) is 33.7. The number of ketones is 1. The van der Waals surface area contributed by atoms with E-state index in [0.717, 1.165) is 23.1 Å². The van der Waals surface area contributed by atoms with Crippen molar-refractivity contribution in [3.63, 3.8) is 0 Å². The van der Waals surface area contributed by atoms with Gasteiger partial charge in [-0.15, -0.1) is 0 Å². The van der Waals surface area contributed by atoms with Gasteiger partial charge < -0.3 is 9.84 Å². The molecule has 3 rings (SSSR count). The van der Waals surface area contributed by atoms with E-state index in [1.807, 2.05) is 24.3 Å². The largest absolute Gasteiger partial charge is 0.389 e. The molecule has 3 heteroatoms. The van der Waals surface area contributed by atoms with Crippen LogP contribution in [0.25, 0.3) is 0 Å². The lowest BCUT2D eigenvalue weighted by atomic mass is 9.89. The van der Waals surface area contributed by atoms with Crippen LogP contribution < -0.4 is 0 Å². The highest BCUT2D eigenvalue weighted by Crippen LogP contribution is 2.36. The quantitative estimate of drug-likeness (QED) is 0.749. The molecular weight excluding hydrogens is 348 g/mol. The van der Waals surface area contributed by atoms with E-state index < -0.39 is 6.10 Å². The molecule has 0 aromatic heterocycles. The lowest BCUT2D eigenvalue weighted by Crippen LogP contribution is -2.17. The second-order valence-electron chi connectivity index (χ2n) is 8.39. The van der Waals surface area contributed by atoms with Crippen molar-refractivity contribution in [2.75, 3.05) is 0 Å². The number of aliphatic hydroxyl groups is 1. The number of Topliss-reactive ketones (excluding diaryl/α,β-unsaturated/α-hetero) is 1. The number of hydrogen-bond acceptors (Lipinski definition) is 3. The predicted octanol–water partition coefficient (Wildman–Crippen LogP) is 5.02. The van der Waals surface area contributed by atoms with Crippen molar-refractivity contribution < 1.29 is 14.6 Å². The Labute approximate surface area is 168 Å². The zero-order valence-electron chi connectivity index (χ0n) is 17.2. The van der Waals surface area contributed by atoms with Crippen LogP contribution >= 0.6 is 0 Å². The van der Waals surface area contributed by atoms with Crippen LogP contribution in [-0.4, -0.2) is 23.1 Å². The van der Waals surface area contributed by atoms with Crippen LogP contribution in [0, 0.1) is 17.8 Å². The average molecular weight is 381 g/mol. The van der Waals surface area contributed by atoms with Gasteiger partial charge in [-0.05, 0) is 41.7 Å². The highest BCUT2D eigenvalue weighted by molar-refractivity contribution is 6.00. The molecule has 1 N–H and O–H groups in total. The Kier molecular flexibility index (Phi) is 7.03. The molecule has 0 heterocycles. The van der Waals surface area contributed by atoms with Crippen LogP contribution in [0.3, 0.4) is 0 Å². The van der Waals surface area contributed by atoms with Crippen molar-refractivity contribution in [1.82, 2.24) is 0 Å². The van der Waals surface area contributed by atoms with E-state index in [4.69, 9.17) is 4.74 Å². The summed E-state index contributed by atoms with van der Waals surface area (Å²) in [6.07, 6.45) is 9.62. The van der Waals surface area contributed by atoms with E-state index in [-0.39, 0.29) is 23.7 Å². The van der Waals surface area contributed by atoms with Crippen LogP contribution in [0.4, 0.5) is 0 Å². The second kappa shape index (κ2) is 9.49. The number of ether oxygens (including phenoxy) is 1. The molecule has 150 valence electrons.